The maximum absolute atomic E-state index is 12.7. The summed E-state index contributed by atoms with van der Waals surface area (Å²) in [6.07, 6.45) is 0. The van der Waals surface area contributed by atoms with Crippen molar-refractivity contribution >= 4 is 10.4 Å². The van der Waals surface area contributed by atoms with Crippen molar-refractivity contribution in [2.45, 2.75) is 19.4 Å². The fourth-order valence-corrected chi connectivity index (χ4v) is 1.37. The van der Waals surface area contributed by atoms with E-state index in [-0.39, 0.29) is 11.4 Å². The van der Waals surface area contributed by atoms with Gasteiger partial charge in [-0.1, -0.05) is 12.1 Å². The van der Waals surface area contributed by atoms with Crippen molar-refractivity contribution in [3.63, 3.8) is 0 Å². The molecule has 0 unspecified atom stereocenters. The molecule has 0 aliphatic carbocycles. The zero-order valence-corrected chi connectivity index (χ0v) is 10.6. The summed E-state index contributed by atoms with van der Waals surface area (Å²) in [7, 11) is 3.08. The minimum absolute atomic E-state index is 0.0138. The zero-order chi connectivity index (χ0) is 10.1. The van der Waals surface area contributed by atoms with Gasteiger partial charge in [-0.05, 0) is 38.6 Å². The third-order valence-corrected chi connectivity index (χ3v) is 3.79. The van der Waals surface area contributed by atoms with E-state index in [4.69, 9.17) is 0 Å². The van der Waals surface area contributed by atoms with E-state index in [2.05, 4.69) is 25.5 Å². The normalized spacial score (nSPS) is 12.4. The highest BCUT2D eigenvalue weighted by Crippen LogP contribution is 2.24. The average Bonchev–Trinajstić information content (AvgIpc) is 2.04. The maximum atomic E-state index is 12.7. The second kappa shape index (κ2) is 3.60. The van der Waals surface area contributed by atoms with E-state index in [1.165, 1.54) is 12.1 Å². The fourth-order valence-electron chi connectivity index (χ4n) is 1.12. The summed E-state index contributed by atoms with van der Waals surface area (Å²) in [5.74, 6) is -0.171. The molecular weight excluding hydrogens is 181 g/mol. The van der Waals surface area contributed by atoms with E-state index in [0.717, 1.165) is 16.0 Å². The summed E-state index contributed by atoms with van der Waals surface area (Å²) in [6, 6.07) is 6.73. The third-order valence-electron chi connectivity index (χ3n) is 2.67. The second-order valence-corrected chi connectivity index (χ2v) is 5.30. The minimum atomic E-state index is -0.171. The van der Waals surface area contributed by atoms with Crippen LogP contribution in [0.25, 0.3) is 0 Å². The largest absolute Gasteiger partial charge is 0.327 e. The van der Waals surface area contributed by atoms with E-state index in [9.17, 15) is 4.39 Å². The molecule has 0 aliphatic heterocycles. The van der Waals surface area contributed by atoms with Crippen LogP contribution < -0.4 is 0 Å². The van der Waals surface area contributed by atoms with Crippen molar-refractivity contribution < 1.29 is 4.39 Å². The molecule has 0 radical (unpaired) electrons. The maximum Gasteiger partial charge on any atom is 0.123 e. The van der Waals surface area contributed by atoms with Crippen LogP contribution in [0.3, 0.4) is 0 Å². The molecule has 1 rings (SSSR count). The van der Waals surface area contributed by atoms with Gasteiger partial charge < -0.3 is 4.57 Å². The lowest BCUT2D eigenvalue weighted by atomic mass is 9.95. The topological polar surface area (TPSA) is 3.24 Å². The zero-order valence-electron chi connectivity index (χ0n) is 8.63. The molecule has 3 heteroatoms. The molecule has 0 aliphatic rings. The molecule has 1 aromatic rings. The molecule has 0 atom stereocenters. The van der Waals surface area contributed by atoms with Gasteiger partial charge in [-0.2, -0.15) is 0 Å². The third kappa shape index (κ3) is 2.17. The molecule has 0 saturated carbocycles. The molecule has 13 heavy (non-hydrogen) atoms. The molecule has 1 aromatic carbocycles. The van der Waals surface area contributed by atoms with Gasteiger partial charge in [-0.3, -0.25) is 0 Å². The van der Waals surface area contributed by atoms with Crippen LogP contribution in [0.15, 0.2) is 24.3 Å². The molecule has 1 nitrogen and oxygen atoms in total. The van der Waals surface area contributed by atoms with Crippen LogP contribution in [-0.4, -0.2) is 22.0 Å². The lowest BCUT2D eigenvalue weighted by molar-refractivity contribution is 0.283. The van der Waals surface area contributed by atoms with Gasteiger partial charge >= 0.3 is 0 Å². The van der Waals surface area contributed by atoms with E-state index >= 15 is 0 Å². The Bertz CT molecular complexity index is 279. The van der Waals surface area contributed by atoms with E-state index < -0.39 is 0 Å². The first-order valence-corrected chi connectivity index (χ1v) is 5.27. The van der Waals surface area contributed by atoms with Gasteiger partial charge in [0.15, 0.2) is 0 Å². The standard InChI is InChI=1S/C10H16FNSi/c1-10(2,12(3)13)8-4-6-9(11)7-5-8/h4-7H,1-3,13H3. The van der Waals surface area contributed by atoms with E-state index in [1.807, 2.05) is 12.1 Å². The van der Waals surface area contributed by atoms with Gasteiger partial charge in [0.1, 0.15) is 5.82 Å². The van der Waals surface area contributed by atoms with Crippen molar-refractivity contribution in [1.82, 2.24) is 4.57 Å². The van der Waals surface area contributed by atoms with Gasteiger partial charge in [0, 0.05) is 5.54 Å². The highest BCUT2D eigenvalue weighted by atomic mass is 28.2. The predicted octanol–water partition coefficient (Wildman–Crippen LogP) is 1.27. The van der Waals surface area contributed by atoms with Crippen molar-refractivity contribution in [3.05, 3.63) is 35.6 Å². The summed E-state index contributed by atoms with van der Waals surface area (Å²) < 4.78 is 14.9. The monoisotopic (exact) mass is 197 g/mol. The van der Waals surface area contributed by atoms with Crippen molar-refractivity contribution in [1.29, 1.82) is 0 Å². The van der Waals surface area contributed by atoms with E-state index in [0.29, 0.717) is 0 Å². The van der Waals surface area contributed by atoms with Gasteiger partial charge in [-0.25, -0.2) is 4.39 Å². The molecular formula is C10H16FNSi. The van der Waals surface area contributed by atoms with Crippen LogP contribution in [0.2, 0.25) is 0 Å². The molecule has 0 N–H and O–H groups in total. The number of hydrogen-bond acceptors (Lipinski definition) is 1. The lowest BCUT2D eigenvalue weighted by Crippen LogP contribution is -2.36. The SMILES string of the molecule is CN([SiH3])C(C)(C)c1ccc(F)cc1. The average molecular weight is 197 g/mol. The number of benzene rings is 1. The first-order chi connectivity index (χ1) is 5.94. The number of hydrogen-bond donors (Lipinski definition) is 0. The van der Waals surface area contributed by atoms with Gasteiger partial charge in [0.25, 0.3) is 0 Å². The molecule has 0 fully saturated rings. The first kappa shape index (κ1) is 10.4. The summed E-state index contributed by atoms with van der Waals surface area (Å²) in [6.45, 7) is 4.29. The Balaban J connectivity index is 3.01. The summed E-state index contributed by atoms with van der Waals surface area (Å²) in [5, 5.41) is 0. The van der Waals surface area contributed by atoms with Crippen LogP contribution in [0, 0.1) is 5.82 Å². The molecule has 0 spiro atoms. The van der Waals surface area contributed by atoms with Crippen molar-refractivity contribution in [2.75, 3.05) is 7.05 Å². The van der Waals surface area contributed by atoms with Gasteiger partial charge in [0.05, 0.1) is 10.4 Å². The lowest BCUT2D eigenvalue weighted by Gasteiger charge is -2.33. The molecule has 0 saturated heterocycles. The van der Waals surface area contributed by atoms with Crippen molar-refractivity contribution in [2.24, 2.45) is 0 Å². The molecule has 0 aromatic heterocycles. The highest BCUT2D eigenvalue weighted by Gasteiger charge is 2.21. The van der Waals surface area contributed by atoms with Gasteiger partial charge in [-0.15, -0.1) is 0 Å². The number of halogens is 1. The Morgan fingerprint density at radius 3 is 2.08 bits per heavy atom. The second-order valence-electron chi connectivity index (χ2n) is 3.96. The fraction of sp³-hybridized carbons (Fsp3) is 0.400. The highest BCUT2D eigenvalue weighted by molar-refractivity contribution is 6.04. The number of rotatable bonds is 2. The molecule has 0 heterocycles. The van der Waals surface area contributed by atoms with Crippen molar-refractivity contribution in [3.8, 4) is 0 Å². The minimum Gasteiger partial charge on any atom is -0.327 e. The van der Waals surface area contributed by atoms with Crippen LogP contribution in [0.1, 0.15) is 19.4 Å². The summed E-state index contributed by atoms with van der Waals surface area (Å²) in [4.78, 5) is 0. The van der Waals surface area contributed by atoms with Crippen LogP contribution in [-0.2, 0) is 5.54 Å². The first-order valence-electron chi connectivity index (χ1n) is 4.38. The van der Waals surface area contributed by atoms with Crippen LogP contribution >= 0.6 is 0 Å². The summed E-state index contributed by atoms with van der Waals surface area (Å²) in [5.41, 5.74) is 1.17. The molecule has 0 amide bonds. The Morgan fingerprint density at radius 2 is 1.69 bits per heavy atom. The van der Waals surface area contributed by atoms with Crippen LogP contribution in [0.4, 0.5) is 4.39 Å². The van der Waals surface area contributed by atoms with E-state index in [1.54, 1.807) is 0 Å². The van der Waals surface area contributed by atoms with Crippen LogP contribution in [0.5, 0.6) is 0 Å². The molecule has 72 valence electrons. The Kier molecular flexibility index (Phi) is 2.88. The smallest absolute Gasteiger partial charge is 0.123 e. The number of nitrogens with zero attached hydrogens (tertiary/aromatic N) is 1. The Hall–Kier alpha value is -0.673. The Labute approximate surface area is 82.1 Å². The summed E-state index contributed by atoms with van der Waals surface area (Å²) >= 11 is 0. The predicted molar refractivity (Wildman–Crippen MR) is 57.1 cm³/mol. The molecule has 0 bridgehead atoms. The van der Waals surface area contributed by atoms with Gasteiger partial charge in [0.2, 0.25) is 0 Å². The quantitative estimate of drug-likeness (QED) is 0.645. The Morgan fingerprint density at radius 1 is 1.23 bits per heavy atom.